The van der Waals surface area contributed by atoms with Crippen LogP contribution in [0.5, 0.6) is 0 Å². The zero-order valence-corrected chi connectivity index (χ0v) is 15.8. The van der Waals surface area contributed by atoms with Gasteiger partial charge in [0.25, 0.3) is 15.9 Å². The SMILES string of the molecule is CN1C(=O)c2cccc3c(NS(=O)(=O)c4c(Cl)cccc4Cl)ccc1c23. The molecule has 0 aromatic heterocycles. The standard InChI is InChI=1S/C18H12Cl2N2O3S/c1-22-15-9-8-14(10-4-2-5-11(16(10)15)18(22)23)21-26(24,25)17-12(19)6-3-7-13(17)20/h2-9,21H,1H3. The molecule has 0 unspecified atom stereocenters. The molecule has 0 saturated heterocycles. The highest BCUT2D eigenvalue weighted by atomic mass is 35.5. The Morgan fingerprint density at radius 2 is 1.62 bits per heavy atom. The molecular weight excluding hydrogens is 395 g/mol. The van der Waals surface area contributed by atoms with E-state index in [1.54, 1.807) is 48.3 Å². The van der Waals surface area contributed by atoms with Crippen molar-refractivity contribution in [1.82, 2.24) is 0 Å². The lowest BCUT2D eigenvalue weighted by Gasteiger charge is -2.14. The van der Waals surface area contributed by atoms with E-state index in [9.17, 15) is 13.2 Å². The van der Waals surface area contributed by atoms with E-state index >= 15 is 0 Å². The number of carbonyl (C=O) groups is 1. The molecule has 1 N–H and O–H groups in total. The highest BCUT2D eigenvalue weighted by Crippen LogP contribution is 2.41. The first-order chi connectivity index (χ1) is 12.3. The minimum Gasteiger partial charge on any atom is -0.311 e. The third-order valence-corrected chi connectivity index (χ3v) is 6.67. The molecule has 132 valence electrons. The number of hydrogen-bond acceptors (Lipinski definition) is 3. The fraction of sp³-hybridized carbons (Fsp3) is 0.0556. The number of anilines is 2. The molecule has 3 aromatic rings. The van der Waals surface area contributed by atoms with E-state index in [1.165, 1.54) is 12.1 Å². The number of nitrogens with zero attached hydrogens (tertiary/aromatic N) is 1. The number of sulfonamides is 1. The van der Waals surface area contributed by atoms with Crippen LogP contribution in [0.2, 0.25) is 10.0 Å². The lowest BCUT2D eigenvalue weighted by atomic mass is 10.0. The van der Waals surface area contributed by atoms with E-state index in [2.05, 4.69) is 4.72 Å². The average Bonchev–Trinajstić information content (AvgIpc) is 2.83. The van der Waals surface area contributed by atoms with Gasteiger partial charge in [0.2, 0.25) is 0 Å². The number of nitrogens with one attached hydrogen (secondary N) is 1. The molecule has 0 spiro atoms. The van der Waals surface area contributed by atoms with E-state index in [1.807, 2.05) is 0 Å². The Morgan fingerprint density at radius 1 is 0.962 bits per heavy atom. The zero-order chi connectivity index (χ0) is 18.6. The Labute approximate surface area is 160 Å². The van der Waals surface area contributed by atoms with Crippen LogP contribution in [0.25, 0.3) is 10.8 Å². The smallest absolute Gasteiger partial charge is 0.264 e. The molecule has 0 saturated carbocycles. The minimum absolute atomic E-state index is 0.0332. The minimum atomic E-state index is -4.01. The van der Waals surface area contributed by atoms with Crippen molar-refractivity contribution < 1.29 is 13.2 Å². The van der Waals surface area contributed by atoms with Crippen LogP contribution in [0.4, 0.5) is 11.4 Å². The Hall–Kier alpha value is -2.28. The molecule has 0 atom stereocenters. The summed E-state index contributed by atoms with van der Waals surface area (Å²) in [6.07, 6.45) is 0. The predicted octanol–water partition coefficient (Wildman–Crippen LogP) is 4.54. The summed E-state index contributed by atoms with van der Waals surface area (Å²) in [7, 11) is -2.33. The molecule has 0 radical (unpaired) electrons. The van der Waals surface area contributed by atoms with Gasteiger partial charge in [-0.1, -0.05) is 41.4 Å². The summed E-state index contributed by atoms with van der Waals surface area (Å²) in [5.74, 6) is -0.125. The van der Waals surface area contributed by atoms with Crippen molar-refractivity contribution in [2.45, 2.75) is 4.90 Å². The van der Waals surface area contributed by atoms with Gasteiger partial charge in [0.05, 0.1) is 21.4 Å². The summed E-state index contributed by atoms with van der Waals surface area (Å²) < 4.78 is 28.2. The Balaban J connectivity index is 1.89. The maximum Gasteiger partial charge on any atom is 0.264 e. The first-order valence-electron chi connectivity index (χ1n) is 7.62. The third kappa shape index (κ3) is 2.45. The van der Waals surface area contributed by atoms with Crippen LogP contribution in [-0.4, -0.2) is 21.4 Å². The van der Waals surface area contributed by atoms with Crippen molar-refractivity contribution >= 4 is 61.3 Å². The highest BCUT2D eigenvalue weighted by Gasteiger charge is 2.29. The van der Waals surface area contributed by atoms with Gasteiger partial charge in [-0.25, -0.2) is 8.42 Å². The Kier molecular flexibility index (Phi) is 3.87. The molecule has 0 fully saturated rings. The molecule has 0 bridgehead atoms. The number of benzene rings is 3. The van der Waals surface area contributed by atoms with Crippen LogP contribution < -0.4 is 9.62 Å². The second-order valence-electron chi connectivity index (χ2n) is 5.88. The zero-order valence-electron chi connectivity index (χ0n) is 13.5. The van der Waals surface area contributed by atoms with Gasteiger partial charge >= 0.3 is 0 Å². The van der Waals surface area contributed by atoms with Crippen molar-refractivity contribution in [3.8, 4) is 0 Å². The normalized spacial score (nSPS) is 13.5. The average molecular weight is 407 g/mol. The van der Waals surface area contributed by atoms with E-state index in [4.69, 9.17) is 23.2 Å². The topological polar surface area (TPSA) is 66.5 Å². The van der Waals surface area contributed by atoms with Crippen LogP contribution in [0.1, 0.15) is 10.4 Å². The summed E-state index contributed by atoms with van der Waals surface area (Å²) >= 11 is 12.1. The molecule has 4 rings (SSSR count). The number of hydrogen-bond donors (Lipinski definition) is 1. The van der Waals surface area contributed by atoms with Crippen LogP contribution in [0.15, 0.2) is 53.4 Å². The first kappa shape index (κ1) is 17.1. The van der Waals surface area contributed by atoms with Gasteiger partial charge < -0.3 is 4.90 Å². The Morgan fingerprint density at radius 3 is 2.31 bits per heavy atom. The summed E-state index contributed by atoms with van der Waals surface area (Å²) in [5.41, 5.74) is 1.63. The fourth-order valence-electron chi connectivity index (χ4n) is 3.16. The molecule has 1 heterocycles. The maximum absolute atomic E-state index is 12.8. The van der Waals surface area contributed by atoms with Gasteiger partial charge in [-0.2, -0.15) is 0 Å². The van der Waals surface area contributed by atoms with Crippen LogP contribution in [-0.2, 0) is 10.0 Å². The van der Waals surface area contributed by atoms with Gasteiger partial charge in [-0.3, -0.25) is 9.52 Å². The number of halogens is 2. The molecular formula is C18H12Cl2N2O3S. The van der Waals surface area contributed by atoms with Crippen molar-refractivity contribution in [3.05, 3.63) is 64.1 Å². The van der Waals surface area contributed by atoms with E-state index in [-0.39, 0.29) is 20.8 Å². The molecule has 26 heavy (non-hydrogen) atoms. The Bertz CT molecular complexity index is 1170. The first-order valence-corrected chi connectivity index (χ1v) is 9.86. The van der Waals surface area contributed by atoms with Crippen molar-refractivity contribution in [1.29, 1.82) is 0 Å². The van der Waals surface area contributed by atoms with E-state index in [0.29, 0.717) is 22.0 Å². The lowest BCUT2D eigenvalue weighted by molar-refractivity contribution is 0.0999. The second-order valence-corrected chi connectivity index (χ2v) is 8.31. The van der Waals surface area contributed by atoms with Gasteiger partial charge in [-0.05, 0) is 30.3 Å². The fourth-order valence-corrected chi connectivity index (χ4v) is 5.39. The molecule has 0 aliphatic carbocycles. The van der Waals surface area contributed by atoms with Crippen molar-refractivity contribution in [3.63, 3.8) is 0 Å². The third-order valence-electron chi connectivity index (χ3n) is 4.35. The maximum atomic E-state index is 12.8. The van der Waals surface area contributed by atoms with Gasteiger partial charge in [0.1, 0.15) is 4.90 Å². The van der Waals surface area contributed by atoms with Crippen molar-refractivity contribution in [2.24, 2.45) is 0 Å². The van der Waals surface area contributed by atoms with Crippen LogP contribution in [0, 0.1) is 0 Å². The highest BCUT2D eigenvalue weighted by molar-refractivity contribution is 7.93. The number of rotatable bonds is 3. The summed E-state index contributed by atoms with van der Waals surface area (Å²) in [5, 5.41) is 1.41. The molecule has 5 nitrogen and oxygen atoms in total. The molecule has 1 aliphatic heterocycles. The predicted molar refractivity (Wildman–Crippen MR) is 104 cm³/mol. The molecule has 1 amide bonds. The number of amides is 1. The van der Waals surface area contributed by atoms with E-state index < -0.39 is 10.0 Å². The molecule has 8 heteroatoms. The van der Waals surface area contributed by atoms with Crippen LogP contribution in [0.3, 0.4) is 0 Å². The second kappa shape index (κ2) is 5.87. The van der Waals surface area contributed by atoms with Gasteiger partial charge in [-0.15, -0.1) is 0 Å². The largest absolute Gasteiger partial charge is 0.311 e. The van der Waals surface area contributed by atoms with Gasteiger partial charge in [0.15, 0.2) is 0 Å². The van der Waals surface area contributed by atoms with Crippen molar-refractivity contribution in [2.75, 3.05) is 16.7 Å². The summed E-state index contributed by atoms with van der Waals surface area (Å²) in [6.45, 7) is 0. The molecule has 3 aromatic carbocycles. The monoisotopic (exact) mass is 406 g/mol. The van der Waals surface area contributed by atoms with Crippen LogP contribution >= 0.6 is 23.2 Å². The number of carbonyl (C=O) groups excluding carboxylic acids is 1. The van der Waals surface area contributed by atoms with Gasteiger partial charge in [0, 0.05) is 23.4 Å². The quantitative estimate of drug-likeness (QED) is 0.694. The van der Waals surface area contributed by atoms with E-state index in [0.717, 1.165) is 5.69 Å². The lowest BCUT2D eigenvalue weighted by Crippen LogP contribution is -2.20. The molecule has 1 aliphatic rings. The summed E-state index contributed by atoms with van der Waals surface area (Å²) in [4.78, 5) is 13.7. The summed E-state index contributed by atoms with van der Waals surface area (Å²) in [6, 6.07) is 13.0.